The maximum atomic E-state index is 2.54. The van der Waals surface area contributed by atoms with E-state index in [-0.39, 0.29) is 0 Å². The molecule has 0 radical (unpaired) electrons. The van der Waals surface area contributed by atoms with Gasteiger partial charge in [0.25, 0.3) is 0 Å². The summed E-state index contributed by atoms with van der Waals surface area (Å²) in [7, 11) is 0. The summed E-state index contributed by atoms with van der Waals surface area (Å²) in [4.78, 5) is 0. The molecule has 0 nitrogen and oxygen atoms in total. The summed E-state index contributed by atoms with van der Waals surface area (Å²) in [6, 6.07) is 0. The molecule has 19 heavy (non-hydrogen) atoms. The van der Waals surface area contributed by atoms with Gasteiger partial charge in [-0.15, -0.1) is 0 Å². The Bertz CT molecular complexity index is 301. The minimum Gasteiger partial charge on any atom is -0.0825 e. The average molecular weight is 262 g/mol. The van der Waals surface area contributed by atoms with Crippen molar-refractivity contribution < 1.29 is 0 Å². The van der Waals surface area contributed by atoms with E-state index in [0.717, 1.165) is 35.5 Å². The Balaban J connectivity index is 3.11. The van der Waals surface area contributed by atoms with Crippen molar-refractivity contribution in [2.24, 2.45) is 35.5 Å². The first-order chi connectivity index (χ1) is 8.73. The van der Waals surface area contributed by atoms with Gasteiger partial charge in [-0.25, -0.2) is 0 Å². The smallest absolute Gasteiger partial charge is 0.0192 e. The SMILES string of the molecule is CC(C)=CC1CC(C=C(C)C)C(C(C)C)C1C(C)C. The van der Waals surface area contributed by atoms with Gasteiger partial charge in [0.05, 0.1) is 0 Å². The maximum Gasteiger partial charge on any atom is -0.0192 e. The van der Waals surface area contributed by atoms with Crippen LogP contribution in [0.25, 0.3) is 0 Å². The summed E-state index contributed by atoms with van der Waals surface area (Å²) < 4.78 is 0. The lowest BCUT2D eigenvalue weighted by Crippen LogP contribution is -2.26. The fraction of sp³-hybridized carbons (Fsp3) is 0.789. The molecule has 0 aromatic rings. The van der Waals surface area contributed by atoms with E-state index in [9.17, 15) is 0 Å². The van der Waals surface area contributed by atoms with Gasteiger partial charge in [0.2, 0.25) is 0 Å². The van der Waals surface area contributed by atoms with Crippen LogP contribution in [0.3, 0.4) is 0 Å². The summed E-state index contributed by atoms with van der Waals surface area (Å²) in [6.45, 7) is 18.6. The lowest BCUT2D eigenvalue weighted by Gasteiger charge is -2.32. The molecule has 1 aliphatic carbocycles. The third-order valence-corrected chi connectivity index (χ3v) is 4.61. The van der Waals surface area contributed by atoms with E-state index in [4.69, 9.17) is 0 Å². The van der Waals surface area contributed by atoms with Crippen LogP contribution in [0.5, 0.6) is 0 Å². The second kappa shape index (κ2) is 6.77. The minimum atomic E-state index is 0.776. The molecule has 1 fully saturated rings. The van der Waals surface area contributed by atoms with Gasteiger partial charge in [-0.1, -0.05) is 51.0 Å². The van der Waals surface area contributed by atoms with E-state index >= 15 is 0 Å². The standard InChI is InChI=1S/C19H34/c1-12(2)9-16-11-17(10-13(3)4)19(15(7)8)18(16)14(5)6/h9-10,14-19H,11H2,1-8H3. The fourth-order valence-electron chi connectivity index (χ4n) is 4.29. The van der Waals surface area contributed by atoms with Crippen LogP contribution in [0.15, 0.2) is 23.3 Å². The zero-order valence-electron chi connectivity index (χ0n) is 14.3. The van der Waals surface area contributed by atoms with Crippen molar-refractivity contribution in [2.75, 3.05) is 0 Å². The van der Waals surface area contributed by atoms with Gasteiger partial charge in [0, 0.05) is 0 Å². The summed E-state index contributed by atoms with van der Waals surface area (Å²) >= 11 is 0. The van der Waals surface area contributed by atoms with E-state index in [2.05, 4.69) is 67.5 Å². The molecule has 0 heteroatoms. The van der Waals surface area contributed by atoms with E-state index in [1.165, 1.54) is 17.6 Å². The molecular weight excluding hydrogens is 228 g/mol. The van der Waals surface area contributed by atoms with Crippen molar-refractivity contribution in [3.8, 4) is 0 Å². The van der Waals surface area contributed by atoms with Gasteiger partial charge in [-0.3, -0.25) is 0 Å². The van der Waals surface area contributed by atoms with Crippen molar-refractivity contribution in [3.05, 3.63) is 23.3 Å². The van der Waals surface area contributed by atoms with E-state index < -0.39 is 0 Å². The maximum absolute atomic E-state index is 2.54. The minimum absolute atomic E-state index is 0.776. The summed E-state index contributed by atoms with van der Waals surface area (Å²) in [5, 5.41) is 0. The predicted octanol–water partition coefficient (Wildman–Crippen LogP) is 6.10. The molecule has 0 aromatic heterocycles. The quantitative estimate of drug-likeness (QED) is 0.537. The largest absolute Gasteiger partial charge is 0.0825 e. The van der Waals surface area contributed by atoms with Crippen molar-refractivity contribution in [1.29, 1.82) is 0 Å². The molecule has 0 spiro atoms. The van der Waals surface area contributed by atoms with Crippen LogP contribution in [0.2, 0.25) is 0 Å². The monoisotopic (exact) mass is 262 g/mol. The van der Waals surface area contributed by atoms with Gasteiger partial charge in [0.1, 0.15) is 0 Å². The second-order valence-electron chi connectivity index (χ2n) is 7.69. The summed E-state index contributed by atoms with van der Waals surface area (Å²) in [5.41, 5.74) is 2.96. The van der Waals surface area contributed by atoms with Crippen LogP contribution in [0.1, 0.15) is 61.8 Å². The molecule has 1 saturated carbocycles. The first-order valence-electron chi connectivity index (χ1n) is 8.04. The fourth-order valence-corrected chi connectivity index (χ4v) is 4.29. The number of hydrogen-bond donors (Lipinski definition) is 0. The summed E-state index contributed by atoms with van der Waals surface area (Å²) in [6.07, 6.45) is 6.43. The van der Waals surface area contributed by atoms with Gasteiger partial charge < -0.3 is 0 Å². The topological polar surface area (TPSA) is 0 Å². The van der Waals surface area contributed by atoms with Crippen LogP contribution in [-0.2, 0) is 0 Å². The molecule has 1 aliphatic rings. The average Bonchev–Trinajstić information content (AvgIpc) is 2.53. The van der Waals surface area contributed by atoms with Crippen molar-refractivity contribution >= 4 is 0 Å². The van der Waals surface area contributed by atoms with Crippen molar-refractivity contribution in [2.45, 2.75) is 61.8 Å². The Morgan fingerprint density at radius 1 is 0.737 bits per heavy atom. The number of rotatable bonds is 4. The van der Waals surface area contributed by atoms with Gasteiger partial charge in [-0.05, 0) is 69.6 Å². The van der Waals surface area contributed by atoms with E-state index in [1.54, 1.807) is 0 Å². The van der Waals surface area contributed by atoms with Crippen molar-refractivity contribution in [3.63, 3.8) is 0 Å². The van der Waals surface area contributed by atoms with Crippen LogP contribution >= 0.6 is 0 Å². The summed E-state index contributed by atoms with van der Waals surface area (Å²) in [5.74, 6) is 4.80. The molecule has 0 N–H and O–H groups in total. The zero-order valence-corrected chi connectivity index (χ0v) is 14.3. The Labute approximate surface area is 121 Å². The zero-order chi connectivity index (χ0) is 14.7. The Morgan fingerprint density at radius 2 is 1.05 bits per heavy atom. The van der Waals surface area contributed by atoms with E-state index in [0.29, 0.717) is 0 Å². The first kappa shape index (κ1) is 16.5. The lowest BCUT2D eigenvalue weighted by molar-refractivity contribution is 0.190. The van der Waals surface area contributed by atoms with Crippen LogP contribution in [-0.4, -0.2) is 0 Å². The molecule has 0 saturated heterocycles. The Hall–Kier alpha value is -0.520. The molecule has 0 heterocycles. The molecule has 4 unspecified atom stereocenters. The van der Waals surface area contributed by atoms with Crippen molar-refractivity contribution in [1.82, 2.24) is 0 Å². The normalized spacial score (nSPS) is 30.8. The second-order valence-corrected chi connectivity index (χ2v) is 7.69. The van der Waals surface area contributed by atoms with Crippen LogP contribution in [0.4, 0.5) is 0 Å². The highest BCUT2D eigenvalue weighted by molar-refractivity contribution is 5.11. The third kappa shape index (κ3) is 4.23. The van der Waals surface area contributed by atoms with Gasteiger partial charge in [-0.2, -0.15) is 0 Å². The molecule has 0 amide bonds. The third-order valence-electron chi connectivity index (χ3n) is 4.61. The highest BCUT2D eigenvalue weighted by Gasteiger charge is 2.43. The number of allylic oxidation sites excluding steroid dienone is 4. The molecule has 0 aromatic carbocycles. The predicted molar refractivity (Wildman–Crippen MR) is 87.1 cm³/mol. The van der Waals surface area contributed by atoms with Crippen LogP contribution in [0, 0.1) is 35.5 Å². The Kier molecular flexibility index (Phi) is 5.89. The van der Waals surface area contributed by atoms with Gasteiger partial charge in [0.15, 0.2) is 0 Å². The van der Waals surface area contributed by atoms with Crippen LogP contribution < -0.4 is 0 Å². The Morgan fingerprint density at radius 3 is 1.26 bits per heavy atom. The molecular formula is C19H34. The number of hydrogen-bond acceptors (Lipinski definition) is 0. The van der Waals surface area contributed by atoms with Gasteiger partial charge >= 0.3 is 0 Å². The molecule has 4 atom stereocenters. The molecule has 1 rings (SSSR count). The molecule has 0 bridgehead atoms. The highest BCUT2D eigenvalue weighted by Crippen LogP contribution is 2.50. The first-order valence-corrected chi connectivity index (χ1v) is 8.04. The van der Waals surface area contributed by atoms with E-state index in [1.807, 2.05) is 0 Å². The lowest BCUT2D eigenvalue weighted by atomic mass is 9.73. The molecule has 0 aliphatic heterocycles. The molecule has 110 valence electrons. The highest BCUT2D eigenvalue weighted by atomic mass is 14.5.